The van der Waals surface area contributed by atoms with Crippen molar-refractivity contribution in [2.45, 2.75) is 18.6 Å². The largest absolute Gasteiger partial charge is 0.493 e. The van der Waals surface area contributed by atoms with Gasteiger partial charge in [-0.3, -0.25) is 4.79 Å². The fourth-order valence-electron chi connectivity index (χ4n) is 2.18. The number of amides is 1. The highest BCUT2D eigenvalue weighted by molar-refractivity contribution is 5.76. The van der Waals surface area contributed by atoms with E-state index in [9.17, 15) is 9.90 Å². The summed E-state index contributed by atoms with van der Waals surface area (Å²) in [7, 11) is 1.73. The zero-order chi connectivity index (χ0) is 13.7. The first-order chi connectivity index (χ1) is 9.18. The summed E-state index contributed by atoms with van der Waals surface area (Å²) in [5, 5.41) is 12.8. The fraction of sp³-hybridized carbons (Fsp3) is 0.500. The quantitative estimate of drug-likeness (QED) is 0.800. The molecule has 0 saturated carbocycles. The molecule has 0 radical (unpaired) electrons. The minimum absolute atomic E-state index is 0.0105. The molecule has 5 heteroatoms. The van der Waals surface area contributed by atoms with Crippen LogP contribution in [0, 0.1) is 0 Å². The predicted molar refractivity (Wildman–Crippen MR) is 72.0 cm³/mol. The third kappa shape index (κ3) is 3.68. The van der Waals surface area contributed by atoms with Gasteiger partial charge in [0.2, 0.25) is 5.91 Å². The van der Waals surface area contributed by atoms with Gasteiger partial charge in [-0.1, -0.05) is 18.2 Å². The Morgan fingerprint density at radius 3 is 2.79 bits per heavy atom. The summed E-state index contributed by atoms with van der Waals surface area (Å²) >= 11 is 0. The van der Waals surface area contributed by atoms with Gasteiger partial charge in [0.15, 0.2) is 0 Å². The van der Waals surface area contributed by atoms with Crippen molar-refractivity contribution in [3.8, 4) is 5.75 Å². The van der Waals surface area contributed by atoms with E-state index in [1.165, 1.54) is 0 Å². The molecule has 0 aromatic heterocycles. The highest BCUT2D eigenvalue weighted by Gasteiger charge is 2.30. The summed E-state index contributed by atoms with van der Waals surface area (Å²) in [6, 6.07) is 9.29. The molecule has 1 aromatic carbocycles. The van der Waals surface area contributed by atoms with Crippen LogP contribution in [0.3, 0.4) is 0 Å². The van der Waals surface area contributed by atoms with Gasteiger partial charge in [0.1, 0.15) is 5.75 Å². The van der Waals surface area contributed by atoms with Crippen LogP contribution in [0.4, 0.5) is 0 Å². The SMILES string of the molecule is CN(C(=O)CCOc1ccccc1)[C@@H]1CNC[C@H]1O. The summed E-state index contributed by atoms with van der Waals surface area (Å²) in [5.41, 5.74) is 0. The van der Waals surface area contributed by atoms with E-state index < -0.39 is 6.10 Å². The maximum absolute atomic E-state index is 12.0. The molecule has 0 unspecified atom stereocenters. The number of aliphatic hydroxyl groups excluding tert-OH is 1. The van der Waals surface area contributed by atoms with Gasteiger partial charge in [0.25, 0.3) is 0 Å². The molecule has 0 aliphatic carbocycles. The van der Waals surface area contributed by atoms with Gasteiger partial charge >= 0.3 is 0 Å². The van der Waals surface area contributed by atoms with Gasteiger partial charge < -0.3 is 20.1 Å². The van der Waals surface area contributed by atoms with Crippen LogP contribution in [0.15, 0.2) is 30.3 Å². The summed E-state index contributed by atoms with van der Waals surface area (Å²) < 4.78 is 5.49. The lowest BCUT2D eigenvalue weighted by Crippen LogP contribution is -2.44. The summed E-state index contributed by atoms with van der Waals surface area (Å²) in [6.45, 7) is 1.54. The van der Waals surface area contributed by atoms with E-state index >= 15 is 0 Å². The van der Waals surface area contributed by atoms with E-state index in [1.54, 1.807) is 11.9 Å². The number of rotatable bonds is 5. The van der Waals surface area contributed by atoms with Gasteiger partial charge in [0.05, 0.1) is 25.2 Å². The summed E-state index contributed by atoms with van der Waals surface area (Å²) in [4.78, 5) is 13.6. The van der Waals surface area contributed by atoms with E-state index in [1.807, 2.05) is 30.3 Å². The third-order valence-corrected chi connectivity index (χ3v) is 3.37. The number of ether oxygens (including phenoxy) is 1. The first-order valence-corrected chi connectivity index (χ1v) is 6.51. The van der Waals surface area contributed by atoms with Crippen LogP contribution >= 0.6 is 0 Å². The van der Waals surface area contributed by atoms with E-state index in [2.05, 4.69) is 5.32 Å². The van der Waals surface area contributed by atoms with Crippen molar-refractivity contribution in [3.63, 3.8) is 0 Å². The van der Waals surface area contributed by atoms with Gasteiger partial charge in [-0.05, 0) is 12.1 Å². The van der Waals surface area contributed by atoms with Crippen molar-refractivity contribution in [2.75, 3.05) is 26.7 Å². The number of likely N-dealkylation sites (N-methyl/N-ethyl adjacent to an activating group) is 1. The van der Waals surface area contributed by atoms with Crippen molar-refractivity contribution in [3.05, 3.63) is 30.3 Å². The molecule has 19 heavy (non-hydrogen) atoms. The van der Waals surface area contributed by atoms with E-state index in [0.29, 0.717) is 26.1 Å². The normalized spacial score (nSPS) is 22.2. The van der Waals surface area contributed by atoms with Crippen LogP contribution in [-0.2, 0) is 4.79 Å². The second kappa shape index (κ2) is 6.54. The number of nitrogens with zero attached hydrogens (tertiary/aromatic N) is 1. The highest BCUT2D eigenvalue weighted by atomic mass is 16.5. The maximum Gasteiger partial charge on any atom is 0.226 e. The Morgan fingerprint density at radius 2 is 2.16 bits per heavy atom. The molecule has 2 atom stereocenters. The van der Waals surface area contributed by atoms with Gasteiger partial charge in [-0.25, -0.2) is 0 Å². The van der Waals surface area contributed by atoms with Crippen LogP contribution in [0.25, 0.3) is 0 Å². The Kier molecular flexibility index (Phi) is 4.76. The fourth-order valence-corrected chi connectivity index (χ4v) is 2.18. The average molecular weight is 264 g/mol. The molecular formula is C14H20N2O3. The summed E-state index contributed by atoms with van der Waals surface area (Å²) in [5.74, 6) is 0.754. The Bertz CT molecular complexity index is 410. The molecule has 0 bridgehead atoms. The molecule has 0 spiro atoms. The molecule has 1 fully saturated rings. The molecule has 1 saturated heterocycles. The lowest BCUT2D eigenvalue weighted by Gasteiger charge is -2.26. The zero-order valence-electron chi connectivity index (χ0n) is 11.1. The van der Waals surface area contributed by atoms with Gasteiger partial charge in [-0.15, -0.1) is 0 Å². The first-order valence-electron chi connectivity index (χ1n) is 6.51. The second-order valence-electron chi connectivity index (χ2n) is 4.71. The van der Waals surface area contributed by atoms with Crippen LogP contribution < -0.4 is 10.1 Å². The van der Waals surface area contributed by atoms with Crippen LogP contribution in [0.2, 0.25) is 0 Å². The molecule has 104 valence electrons. The highest BCUT2D eigenvalue weighted by Crippen LogP contribution is 2.11. The zero-order valence-corrected chi connectivity index (χ0v) is 11.1. The third-order valence-electron chi connectivity index (χ3n) is 3.37. The van der Waals surface area contributed by atoms with Crippen LogP contribution in [0.1, 0.15) is 6.42 Å². The Hall–Kier alpha value is -1.59. The standard InChI is InChI=1S/C14H20N2O3/c1-16(12-9-15-10-13(12)17)14(18)7-8-19-11-5-3-2-4-6-11/h2-6,12-13,15,17H,7-10H2,1H3/t12-,13-/m1/s1. The van der Waals surface area contributed by atoms with Gasteiger partial charge in [-0.2, -0.15) is 0 Å². The minimum Gasteiger partial charge on any atom is -0.493 e. The Morgan fingerprint density at radius 1 is 1.42 bits per heavy atom. The number of aliphatic hydroxyl groups is 1. The molecule has 1 aromatic rings. The van der Waals surface area contributed by atoms with E-state index in [4.69, 9.17) is 4.74 Å². The Balaban J connectivity index is 1.75. The smallest absolute Gasteiger partial charge is 0.226 e. The van der Waals surface area contributed by atoms with Crippen LogP contribution in [0.5, 0.6) is 5.75 Å². The lowest BCUT2D eigenvalue weighted by atomic mass is 10.2. The number of carbonyl (C=O) groups is 1. The van der Waals surface area contributed by atoms with Crippen molar-refractivity contribution in [2.24, 2.45) is 0 Å². The van der Waals surface area contributed by atoms with Gasteiger partial charge in [0, 0.05) is 20.1 Å². The molecular weight excluding hydrogens is 244 g/mol. The number of β-amino-alcohol motifs (C(OH)–C–C–N with tert-alkyl or cyclic N) is 1. The molecule has 2 N–H and O–H groups in total. The van der Waals surface area contributed by atoms with Crippen LogP contribution in [-0.4, -0.2) is 54.8 Å². The second-order valence-corrected chi connectivity index (χ2v) is 4.71. The topological polar surface area (TPSA) is 61.8 Å². The number of nitrogens with one attached hydrogen (secondary N) is 1. The van der Waals surface area contributed by atoms with Crippen molar-refractivity contribution in [1.82, 2.24) is 10.2 Å². The first kappa shape index (κ1) is 13.8. The number of benzene rings is 1. The maximum atomic E-state index is 12.0. The number of hydrogen-bond acceptors (Lipinski definition) is 4. The molecule has 1 aliphatic heterocycles. The summed E-state index contributed by atoms with van der Waals surface area (Å²) in [6.07, 6.45) is -0.168. The number of para-hydroxylation sites is 1. The molecule has 1 aliphatic rings. The molecule has 1 heterocycles. The van der Waals surface area contributed by atoms with Crippen molar-refractivity contribution >= 4 is 5.91 Å². The monoisotopic (exact) mass is 264 g/mol. The number of hydrogen-bond donors (Lipinski definition) is 2. The van der Waals surface area contributed by atoms with Crippen molar-refractivity contribution < 1.29 is 14.6 Å². The average Bonchev–Trinajstić information content (AvgIpc) is 2.85. The molecule has 1 amide bonds. The minimum atomic E-state index is -0.482. The van der Waals surface area contributed by atoms with Crippen molar-refractivity contribution in [1.29, 1.82) is 0 Å². The van der Waals surface area contributed by atoms with E-state index in [-0.39, 0.29) is 11.9 Å². The van der Waals surface area contributed by atoms with E-state index in [0.717, 1.165) is 5.75 Å². The Labute approximate surface area is 113 Å². The lowest BCUT2D eigenvalue weighted by molar-refractivity contribution is -0.133. The molecule has 5 nitrogen and oxygen atoms in total. The predicted octanol–water partition coefficient (Wildman–Crippen LogP) is 0.247. The number of carbonyl (C=O) groups excluding carboxylic acids is 1. The molecule has 2 rings (SSSR count).